The van der Waals surface area contributed by atoms with Crippen LogP contribution in [0.5, 0.6) is 0 Å². The van der Waals surface area contributed by atoms with Crippen LogP contribution in [0.15, 0.2) is 18.5 Å². The molecule has 0 spiro atoms. The van der Waals surface area contributed by atoms with Gasteiger partial charge in [0.25, 0.3) is 5.69 Å². The van der Waals surface area contributed by atoms with E-state index >= 15 is 0 Å². The van der Waals surface area contributed by atoms with Crippen LogP contribution < -0.4 is 0 Å². The smallest absolute Gasteiger partial charge is 0.258 e. The molecule has 0 saturated carbocycles. The number of halogens is 1. The third kappa shape index (κ3) is 1.79. The zero-order chi connectivity index (χ0) is 9.14. The van der Waals surface area contributed by atoms with Crippen molar-refractivity contribution in [1.29, 1.82) is 0 Å². The Hall–Kier alpha value is -0.970. The van der Waals surface area contributed by atoms with E-state index in [4.69, 9.17) is 0 Å². The second kappa shape index (κ2) is 3.62. The van der Waals surface area contributed by atoms with E-state index in [1.165, 1.54) is 6.20 Å². The predicted octanol–water partition coefficient (Wildman–Crippen LogP) is 2.45. The first-order valence-electron chi connectivity index (χ1n) is 3.35. The molecule has 1 aromatic heterocycles. The quantitative estimate of drug-likeness (QED) is 0.446. The van der Waals surface area contributed by atoms with E-state index in [0.29, 0.717) is 5.56 Å². The number of aromatic nitrogens is 1. The van der Waals surface area contributed by atoms with Crippen molar-refractivity contribution in [3.05, 3.63) is 34.1 Å². The molecular formula is C7H7BrN2O2. The molecule has 0 aromatic carbocycles. The van der Waals surface area contributed by atoms with Crippen LogP contribution in [-0.2, 0) is 0 Å². The Balaban J connectivity index is 3.17. The van der Waals surface area contributed by atoms with E-state index in [2.05, 4.69) is 20.9 Å². The van der Waals surface area contributed by atoms with Crippen LogP contribution in [0.2, 0.25) is 0 Å². The molecule has 0 N–H and O–H groups in total. The van der Waals surface area contributed by atoms with Gasteiger partial charge in [0, 0.05) is 16.6 Å². The lowest BCUT2D eigenvalue weighted by molar-refractivity contribution is -0.385. The highest BCUT2D eigenvalue weighted by Crippen LogP contribution is 2.28. The standard InChI is InChI=1S/C7H7BrN2O2/c1-5(8)6-2-3-9-4-7(6)10(11)12/h2-5H,1H3. The Morgan fingerprint density at radius 2 is 2.42 bits per heavy atom. The summed E-state index contributed by atoms with van der Waals surface area (Å²) in [5.41, 5.74) is 0.705. The van der Waals surface area contributed by atoms with Crippen molar-refractivity contribution in [2.45, 2.75) is 11.8 Å². The molecule has 1 rings (SSSR count). The van der Waals surface area contributed by atoms with Gasteiger partial charge in [-0.2, -0.15) is 0 Å². The molecule has 0 radical (unpaired) electrons. The van der Waals surface area contributed by atoms with Gasteiger partial charge >= 0.3 is 0 Å². The normalized spacial score (nSPS) is 12.5. The lowest BCUT2D eigenvalue weighted by atomic mass is 10.2. The Morgan fingerprint density at radius 3 is 2.83 bits per heavy atom. The average Bonchev–Trinajstić information content (AvgIpc) is 2.04. The fraction of sp³-hybridized carbons (Fsp3) is 0.286. The number of nitrogens with zero attached hydrogens (tertiary/aromatic N) is 2. The highest BCUT2D eigenvalue weighted by molar-refractivity contribution is 9.09. The molecule has 0 amide bonds. The van der Waals surface area contributed by atoms with Crippen LogP contribution in [0.3, 0.4) is 0 Å². The van der Waals surface area contributed by atoms with Gasteiger partial charge in [-0.3, -0.25) is 15.1 Å². The van der Waals surface area contributed by atoms with Crippen LogP contribution in [0.1, 0.15) is 17.3 Å². The zero-order valence-electron chi connectivity index (χ0n) is 6.40. The van der Waals surface area contributed by atoms with Gasteiger partial charge in [-0.05, 0) is 13.0 Å². The molecule has 0 aliphatic rings. The topological polar surface area (TPSA) is 56.0 Å². The van der Waals surface area contributed by atoms with Gasteiger partial charge in [-0.15, -0.1) is 0 Å². The highest BCUT2D eigenvalue weighted by atomic mass is 79.9. The van der Waals surface area contributed by atoms with Gasteiger partial charge in [0.1, 0.15) is 6.20 Å². The first kappa shape index (κ1) is 9.12. The maximum atomic E-state index is 10.5. The summed E-state index contributed by atoms with van der Waals surface area (Å²) in [6, 6.07) is 1.64. The van der Waals surface area contributed by atoms with Crippen molar-refractivity contribution < 1.29 is 4.92 Å². The summed E-state index contributed by atoms with van der Waals surface area (Å²) in [5.74, 6) is 0. The Bertz CT molecular complexity index is 301. The van der Waals surface area contributed by atoms with Gasteiger partial charge in [0.15, 0.2) is 0 Å². The highest BCUT2D eigenvalue weighted by Gasteiger charge is 2.16. The monoisotopic (exact) mass is 230 g/mol. The third-order valence-electron chi connectivity index (χ3n) is 1.46. The Kier molecular flexibility index (Phi) is 2.75. The van der Waals surface area contributed by atoms with Crippen molar-refractivity contribution in [3.8, 4) is 0 Å². The van der Waals surface area contributed by atoms with E-state index in [0.717, 1.165) is 0 Å². The van der Waals surface area contributed by atoms with Crippen molar-refractivity contribution in [2.75, 3.05) is 0 Å². The van der Waals surface area contributed by atoms with Crippen molar-refractivity contribution in [1.82, 2.24) is 4.98 Å². The van der Waals surface area contributed by atoms with Crippen LogP contribution in [0.25, 0.3) is 0 Å². The van der Waals surface area contributed by atoms with Crippen molar-refractivity contribution >= 4 is 21.6 Å². The minimum atomic E-state index is -0.430. The fourth-order valence-electron chi connectivity index (χ4n) is 0.886. The third-order valence-corrected chi connectivity index (χ3v) is 1.95. The van der Waals surface area contributed by atoms with Gasteiger partial charge < -0.3 is 0 Å². The Labute approximate surface area is 77.9 Å². The zero-order valence-corrected chi connectivity index (χ0v) is 7.98. The molecule has 4 nitrogen and oxygen atoms in total. The minimum Gasteiger partial charge on any atom is -0.258 e. The van der Waals surface area contributed by atoms with E-state index in [9.17, 15) is 10.1 Å². The maximum absolute atomic E-state index is 10.5. The van der Waals surface area contributed by atoms with Gasteiger partial charge in [-0.1, -0.05) is 15.9 Å². The molecule has 0 aliphatic carbocycles. The maximum Gasteiger partial charge on any atom is 0.291 e. The summed E-state index contributed by atoms with van der Waals surface area (Å²) in [7, 11) is 0. The summed E-state index contributed by atoms with van der Waals surface area (Å²) in [6.45, 7) is 1.84. The SMILES string of the molecule is CC(Br)c1ccncc1[N+](=O)[O-]. The molecule has 5 heteroatoms. The number of nitro groups is 1. The molecular weight excluding hydrogens is 224 g/mol. The summed E-state index contributed by atoms with van der Waals surface area (Å²) < 4.78 is 0. The van der Waals surface area contributed by atoms with Gasteiger partial charge in [0.2, 0.25) is 0 Å². The number of pyridine rings is 1. The van der Waals surface area contributed by atoms with Crippen LogP contribution in [-0.4, -0.2) is 9.91 Å². The average molecular weight is 231 g/mol. The molecule has 0 fully saturated rings. The molecule has 1 heterocycles. The predicted molar refractivity (Wildman–Crippen MR) is 48.2 cm³/mol. The molecule has 0 saturated heterocycles. The molecule has 64 valence electrons. The van der Waals surface area contributed by atoms with E-state index < -0.39 is 4.92 Å². The Morgan fingerprint density at radius 1 is 1.75 bits per heavy atom. The van der Waals surface area contributed by atoms with Crippen molar-refractivity contribution in [3.63, 3.8) is 0 Å². The molecule has 1 atom stereocenters. The van der Waals surface area contributed by atoms with Gasteiger partial charge in [-0.25, -0.2) is 0 Å². The van der Waals surface area contributed by atoms with E-state index in [1.54, 1.807) is 12.3 Å². The number of alkyl halides is 1. The summed E-state index contributed by atoms with van der Waals surface area (Å²) in [4.78, 5) is 13.7. The van der Waals surface area contributed by atoms with Crippen molar-refractivity contribution in [2.24, 2.45) is 0 Å². The van der Waals surface area contributed by atoms with Crippen LogP contribution >= 0.6 is 15.9 Å². The molecule has 0 bridgehead atoms. The number of rotatable bonds is 2. The summed E-state index contributed by atoms with van der Waals surface area (Å²) in [5, 5.41) is 10.5. The van der Waals surface area contributed by atoms with E-state index in [1.807, 2.05) is 6.92 Å². The second-order valence-corrected chi connectivity index (χ2v) is 3.68. The minimum absolute atomic E-state index is 0.0269. The molecule has 0 aliphatic heterocycles. The van der Waals surface area contributed by atoms with Crippen LogP contribution in [0.4, 0.5) is 5.69 Å². The van der Waals surface area contributed by atoms with Gasteiger partial charge in [0.05, 0.1) is 4.92 Å². The van der Waals surface area contributed by atoms with Crippen LogP contribution in [0, 0.1) is 10.1 Å². The second-order valence-electron chi connectivity index (χ2n) is 2.31. The molecule has 1 unspecified atom stereocenters. The van der Waals surface area contributed by atoms with E-state index in [-0.39, 0.29) is 10.5 Å². The largest absolute Gasteiger partial charge is 0.291 e. The first-order chi connectivity index (χ1) is 5.63. The fourth-order valence-corrected chi connectivity index (χ4v) is 1.27. The lowest BCUT2D eigenvalue weighted by Gasteiger charge is -2.02. The lowest BCUT2D eigenvalue weighted by Crippen LogP contribution is -1.95. The number of hydrogen-bond acceptors (Lipinski definition) is 3. The molecule has 1 aromatic rings. The number of hydrogen-bond donors (Lipinski definition) is 0. The molecule has 12 heavy (non-hydrogen) atoms. The first-order valence-corrected chi connectivity index (χ1v) is 4.27. The summed E-state index contributed by atoms with van der Waals surface area (Å²) >= 11 is 3.27. The summed E-state index contributed by atoms with van der Waals surface area (Å²) in [6.07, 6.45) is 2.80.